The van der Waals surface area contributed by atoms with E-state index in [1.165, 1.54) is 17.6 Å². The van der Waals surface area contributed by atoms with Crippen molar-refractivity contribution < 1.29 is 8.42 Å². The summed E-state index contributed by atoms with van der Waals surface area (Å²) in [5, 5.41) is 5.97. The molecule has 1 aromatic rings. The summed E-state index contributed by atoms with van der Waals surface area (Å²) in [4.78, 5) is 6.34. The van der Waals surface area contributed by atoms with Gasteiger partial charge in [-0.15, -0.1) is 11.3 Å². The minimum atomic E-state index is -2.92. The Balaban J connectivity index is 2.64. The lowest BCUT2D eigenvalue weighted by molar-refractivity contribution is 0.601. The van der Waals surface area contributed by atoms with Gasteiger partial charge in [-0.3, -0.25) is 0 Å². The second-order valence-corrected chi connectivity index (χ2v) is 7.21. The van der Waals surface area contributed by atoms with Gasteiger partial charge in [0.05, 0.1) is 11.4 Å². The van der Waals surface area contributed by atoms with Crippen molar-refractivity contribution in [2.75, 3.05) is 37.5 Å². The lowest BCUT2D eigenvalue weighted by atomic mass is 10.3. The Hall–Kier alpha value is -0.660. The Morgan fingerprint density at radius 3 is 2.76 bits per heavy atom. The second-order valence-electron chi connectivity index (χ2n) is 4.12. The molecule has 0 aliphatic carbocycles. The third-order valence-electron chi connectivity index (χ3n) is 2.51. The van der Waals surface area contributed by atoms with Crippen molar-refractivity contribution in [3.8, 4) is 0 Å². The Bertz CT molecular complexity index is 456. The maximum atomic E-state index is 11.1. The van der Waals surface area contributed by atoms with Gasteiger partial charge in [-0.1, -0.05) is 0 Å². The normalized spacial score (nSPS) is 13.6. The van der Waals surface area contributed by atoms with E-state index in [2.05, 4.69) is 10.3 Å². The number of thiazole rings is 1. The molecular formula is C10H19N3O2S2. The SMILES string of the molecule is CNC(C)c1csc(N(C)CCS(C)(=O)=O)n1. The molecule has 0 spiro atoms. The molecule has 0 bridgehead atoms. The fraction of sp³-hybridized carbons (Fsp3) is 0.700. The number of nitrogens with one attached hydrogen (secondary N) is 1. The maximum Gasteiger partial charge on any atom is 0.185 e. The summed E-state index contributed by atoms with van der Waals surface area (Å²) in [5.74, 6) is 0.153. The molecule has 0 aromatic carbocycles. The third kappa shape index (κ3) is 4.61. The first-order chi connectivity index (χ1) is 7.83. The van der Waals surface area contributed by atoms with Gasteiger partial charge < -0.3 is 10.2 Å². The van der Waals surface area contributed by atoms with Gasteiger partial charge in [-0.05, 0) is 14.0 Å². The largest absolute Gasteiger partial charge is 0.350 e. The van der Waals surface area contributed by atoms with Gasteiger partial charge in [0.1, 0.15) is 9.84 Å². The molecule has 1 N–H and O–H groups in total. The number of aromatic nitrogens is 1. The summed E-state index contributed by atoms with van der Waals surface area (Å²) in [6.45, 7) is 2.51. The molecule has 7 heteroatoms. The van der Waals surface area contributed by atoms with E-state index >= 15 is 0 Å². The number of nitrogens with zero attached hydrogens (tertiary/aromatic N) is 2. The van der Waals surface area contributed by atoms with Crippen molar-refractivity contribution in [1.29, 1.82) is 0 Å². The standard InChI is InChI=1S/C10H19N3O2S2/c1-8(11-2)9-7-16-10(12-9)13(3)5-6-17(4,14)15/h7-8,11H,5-6H2,1-4H3. The van der Waals surface area contributed by atoms with Gasteiger partial charge >= 0.3 is 0 Å². The summed E-state index contributed by atoms with van der Waals surface area (Å²) < 4.78 is 22.1. The predicted octanol–water partition coefficient (Wildman–Crippen LogP) is 0.904. The van der Waals surface area contributed by atoms with E-state index in [1.54, 1.807) is 0 Å². The highest BCUT2D eigenvalue weighted by molar-refractivity contribution is 7.90. The van der Waals surface area contributed by atoms with Crippen molar-refractivity contribution in [3.63, 3.8) is 0 Å². The molecule has 98 valence electrons. The molecule has 5 nitrogen and oxygen atoms in total. The molecule has 0 fully saturated rings. The summed E-state index contributed by atoms with van der Waals surface area (Å²) in [5.41, 5.74) is 0.985. The number of anilines is 1. The number of hydrogen-bond acceptors (Lipinski definition) is 6. The summed E-state index contributed by atoms with van der Waals surface area (Å²) in [6.07, 6.45) is 1.25. The monoisotopic (exact) mass is 277 g/mol. The van der Waals surface area contributed by atoms with Crippen LogP contribution in [0, 0.1) is 0 Å². The summed E-state index contributed by atoms with van der Waals surface area (Å²) >= 11 is 1.53. The maximum absolute atomic E-state index is 11.1. The fourth-order valence-electron chi connectivity index (χ4n) is 1.20. The van der Waals surface area contributed by atoms with Gasteiger partial charge in [-0.25, -0.2) is 13.4 Å². The first kappa shape index (κ1) is 14.4. The minimum Gasteiger partial charge on any atom is -0.350 e. The highest BCUT2D eigenvalue weighted by Gasteiger charge is 2.12. The molecule has 0 saturated heterocycles. The first-order valence-electron chi connectivity index (χ1n) is 5.35. The number of rotatable bonds is 6. The molecule has 1 unspecified atom stereocenters. The lowest BCUT2D eigenvalue weighted by Crippen LogP contribution is -2.24. The van der Waals surface area contributed by atoms with E-state index in [1.807, 2.05) is 31.3 Å². The molecular weight excluding hydrogens is 258 g/mol. The smallest absolute Gasteiger partial charge is 0.185 e. The zero-order valence-electron chi connectivity index (χ0n) is 10.6. The first-order valence-corrected chi connectivity index (χ1v) is 8.29. The third-order valence-corrected chi connectivity index (χ3v) is 4.41. The van der Waals surface area contributed by atoms with Crippen molar-refractivity contribution in [2.24, 2.45) is 0 Å². The van der Waals surface area contributed by atoms with E-state index < -0.39 is 9.84 Å². The van der Waals surface area contributed by atoms with E-state index in [-0.39, 0.29) is 11.8 Å². The quantitative estimate of drug-likeness (QED) is 0.837. The number of sulfone groups is 1. The lowest BCUT2D eigenvalue weighted by Gasteiger charge is -2.14. The molecule has 1 heterocycles. The van der Waals surface area contributed by atoms with Crippen LogP contribution in [0.4, 0.5) is 5.13 Å². The molecule has 0 amide bonds. The highest BCUT2D eigenvalue weighted by atomic mass is 32.2. The van der Waals surface area contributed by atoms with Crippen molar-refractivity contribution in [3.05, 3.63) is 11.1 Å². The average Bonchev–Trinajstić information content (AvgIpc) is 2.73. The van der Waals surface area contributed by atoms with Crippen LogP contribution in [0.1, 0.15) is 18.7 Å². The number of hydrogen-bond donors (Lipinski definition) is 1. The van der Waals surface area contributed by atoms with E-state index in [0.29, 0.717) is 6.54 Å². The Morgan fingerprint density at radius 1 is 1.59 bits per heavy atom. The zero-order chi connectivity index (χ0) is 13.1. The van der Waals surface area contributed by atoms with E-state index in [0.717, 1.165) is 10.8 Å². The van der Waals surface area contributed by atoms with E-state index in [4.69, 9.17) is 0 Å². The van der Waals surface area contributed by atoms with Crippen LogP contribution in [0.5, 0.6) is 0 Å². The Labute approximate surface area is 107 Å². The summed E-state index contributed by atoms with van der Waals surface area (Å²) in [7, 11) is 0.826. The van der Waals surface area contributed by atoms with Crippen LogP contribution in [0.15, 0.2) is 5.38 Å². The molecule has 1 rings (SSSR count). The van der Waals surface area contributed by atoms with Gasteiger partial charge in [0, 0.05) is 31.3 Å². The van der Waals surface area contributed by atoms with Gasteiger partial charge in [-0.2, -0.15) is 0 Å². The van der Waals surface area contributed by atoms with Crippen molar-refractivity contribution >= 4 is 26.3 Å². The molecule has 1 aromatic heterocycles. The van der Waals surface area contributed by atoms with Crippen LogP contribution in [-0.2, 0) is 9.84 Å². The van der Waals surface area contributed by atoms with Crippen LogP contribution in [0.2, 0.25) is 0 Å². The molecule has 0 aliphatic rings. The highest BCUT2D eigenvalue weighted by Crippen LogP contribution is 2.22. The topological polar surface area (TPSA) is 62.3 Å². The zero-order valence-corrected chi connectivity index (χ0v) is 12.2. The molecule has 1 atom stereocenters. The van der Waals surface area contributed by atoms with Crippen LogP contribution >= 0.6 is 11.3 Å². The van der Waals surface area contributed by atoms with Crippen LogP contribution in [-0.4, -0.2) is 46.1 Å². The molecule has 0 radical (unpaired) electrons. The molecule has 17 heavy (non-hydrogen) atoms. The van der Waals surface area contributed by atoms with Gasteiger partial charge in [0.2, 0.25) is 0 Å². The minimum absolute atomic E-state index is 0.153. The Morgan fingerprint density at radius 2 is 2.24 bits per heavy atom. The van der Waals surface area contributed by atoms with Crippen LogP contribution in [0.3, 0.4) is 0 Å². The van der Waals surface area contributed by atoms with Crippen molar-refractivity contribution in [1.82, 2.24) is 10.3 Å². The van der Waals surface area contributed by atoms with Gasteiger partial charge in [0.15, 0.2) is 5.13 Å². The average molecular weight is 277 g/mol. The molecule has 0 saturated carbocycles. The van der Waals surface area contributed by atoms with Crippen molar-refractivity contribution in [2.45, 2.75) is 13.0 Å². The summed E-state index contributed by atoms with van der Waals surface area (Å²) in [6, 6.07) is 0.211. The fourth-order valence-corrected chi connectivity index (χ4v) is 2.71. The van der Waals surface area contributed by atoms with Crippen LogP contribution < -0.4 is 10.2 Å². The van der Waals surface area contributed by atoms with E-state index in [9.17, 15) is 8.42 Å². The predicted molar refractivity (Wildman–Crippen MR) is 72.6 cm³/mol. The van der Waals surface area contributed by atoms with Crippen LogP contribution in [0.25, 0.3) is 0 Å². The molecule has 0 aliphatic heterocycles. The second kappa shape index (κ2) is 5.79. The van der Waals surface area contributed by atoms with Gasteiger partial charge in [0.25, 0.3) is 0 Å². The Kier molecular flexibility index (Phi) is 4.91.